The number of thioether (sulfide) groups is 1. The van der Waals surface area contributed by atoms with Crippen LogP contribution in [0.15, 0.2) is 53.4 Å². The molecule has 5 rings (SSSR count). The minimum atomic E-state index is -0.614. The number of ether oxygens (including phenoxy) is 2. The highest BCUT2D eigenvalue weighted by atomic mass is 32.2. The van der Waals surface area contributed by atoms with Gasteiger partial charge in [0.05, 0.1) is 29.5 Å². The van der Waals surface area contributed by atoms with Crippen LogP contribution in [-0.4, -0.2) is 96.3 Å². The summed E-state index contributed by atoms with van der Waals surface area (Å²) in [5, 5.41) is 19.5. The molecule has 8 nitrogen and oxygen atoms in total. The van der Waals surface area contributed by atoms with Crippen molar-refractivity contribution in [3.05, 3.63) is 54.1 Å². The number of hydrogen-bond donors (Lipinski definition) is 1. The Balaban J connectivity index is 1.11. The molecule has 0 saturated carbocycles. The minimum Gasteiger partial charge on any atom is -0.491 e. The molecule has 2 bridgehead atoms. The van der Waals surface area contributed by atoms with E-state index in [1.54, 1.807) is 36.0 Å². The fraction of sp³-hybridized carbons (Fsp3) is 0.517. The zero-order chi connectivity index (χ0) is 26.7. The van der Waals surface area contributed by atoms with Crippen molar-refractivity contribution in [2.75, 3.05) is 57.3 Å². The molecule has 0 spiro atoms. The number of β-amino-alcohol motifs (C(OH)–C–C–N with tert-alkyl or cyclic N) is 1. The van der Waals surface area contributed by atoms with Crippen LogP contribution in [0.25, 0.3) is 0 Å². The number of hydrogen-bond acceptors (Lipinski definition) is 8. The second kappa shape index (κ2) is 11.6. The van der Waals surface area contributed by atoms with Crippen LogP contribution in [-0.2, 0) is 9.53 Å². The normalized spacial score (nSPS) is 24.3. The molecule has 2 unspecified atom stereocenters. The summed E-state index contributed by atoms with van der Waals surface area (Å²) in [7, 11) is 0. The third-order valence-electron chi connectivity index (χ3n) is 7.19. The zero-order valence-electron chi connectivity index (χ0n) is 22.1. The summed E-state index contributed by atoms with van der Waals surface area (Å²) in [5.74, 6) is 0.828. The summed E-state index contributed by atoms with van der Waals surface area (Å²) < 4.78 is 11.8. The lowest BCUT2D eigenvalue weighted by molar-refractivity contribution is -0.142. The Labute approximate surface area is 229 Å². The van der Waals surface area contributed by atoms with Gasteiger partial charge in [-0.2, -0.15) is 5.26 Å². The third-order valence-corrected chi connectivity index (χ3v) is 8.45. The molecule has 3 atom stereocenters. The lowest BCUT2D eigenvalue weighted by Gasteiger charge is -2.46. The van der Waals surface area contributed by atoms with Crippen molar-refractivity contribution >= 4 is 23.4 Å². The Morgan fingerprint density at radius 3 is 2.47 bits per heavy atom. The maximum Gasteiger partial charge on any atom is 0.228 e. The number of rotatable bonds is 8. The molecule has 3 aliphatic rings. The van der Waals surface area contributed by atoms with E-state index in [0.717, 1.165) is 38.4 Å². The minimum absolute atomic E-state index is 0.0794. The van der Waals surface area contributed by atoms with Gasteiger partial charge in [0.1, 0.15) is 18.5 Å². The first-order valence-electron chi connectivity index (χ1n) is 13.3. The lowest BCUT2D eigenvalue weighted by atomic mass is 10.1. The van der Waals surface area contributed by atoms with Crippen LogP contribution in [0.1, 0.15) is 25.8 Å². The van der Waals surface area contributed by atoms with Gasteiger partial charge in [0.2, 0.25) is 5.91 Å². The molecule has 0 aliphatic carbocycles. The predicted molar refractivity (Wildman–Crippen MR) is 148 cm³/mol. The number of morpholine rings is 2. The van der Waals surface area contributed by atoms with Crippen LogP contribution >= 0.6 is 11.8 Å². The Bertz CT molecular complexity index is 1150. The van der Waals surface area contributed by atoms with E-state index < -0.39 is 6.10 Å². The maximum absolute atomic E-state index is 13.2. The van der Waals surface area contributed by atoms with Gasteiger partial charge in [-0.3, -0.25) is 14.6 Å². The monoisotopic (exact) mass is 536 g/mol. The molecule has 3 heterocycles. The van der Waals surface area contributed by atoms with E-state index in [4.69, 9.17) is 14.7 Å². The van der Waals surface area contributed by atoms with Crippen LogP contribution in [0.3, 0.4) is 0 Å². The first-order chi connectivity index (χ1) is 18.3. The molecule has 2 aromatic carbocycles. The molecule has 9 heteroatoms. The average molecular weight is 537 g/mol. The average Bonchev–Trinajstić information content (AvgIpc) is 2.97. The number of aliphatic hydroxyl groups is 1. The van der Waals surface area contributed by atoms with Gasteiger partial charge in [-0.05, 0) is 50.2 Å². The molecular formula is C29H36N4O4S. The fourth-order valence-corrected chi connectivity index (χ4v) is 6.76. The fourth-order valence-electron chi connectivity index (χ4n) is 5.54. The zero-order valence-corrected chi connectivity index (χ0v) is 22.9. The first kappa shape index (κ1) is 27.0. The van der Waals surface area contributed by atoms with Crippen molar-refractivity contribution < 1.29 is 19.4 Å². The topological polar surface area (TPSA) is 89.3 Å². The number of amides is 1. The van der Waals surface area contributed by atoms with Gasteiger partial charge in [0, 0.05) is 61.9 Å². The number of anilines is 1. The predicted octanol–water partition coefficient (Wildman–Crippen LogP) is 2.99. The molecule has 0 aromatic heterocycles. The molecule has 1 amide bonds. The summed E-state index contributed by atoms with van der Waals surface area (Å²) in [5.41, 5.74) is 1.60. The molecule has 202 valence electrons. The van der Waals surface area contributed by atoms with Gasteiger partial charge in [-0.1, -0.05) is 12.1 Å². The van der Waals surface area contributed by atoms with Crippen molar-refractivity contribution in [1.82, 2.24) is 9.80 Å². The Kier molecular flexibility index (Phi) is 8.26. The quantitative estimate of drug-likeness (QED) is 0.551. The highest BCUT2D eigenvalue weighted by Gasteiger charge is 2.37. The van der Waals surface area contributed by atoms with Crippen molar-refractivity contribution in [2.45, 2.75) is 48.2 Å². The van der Waals surface area contributed by atoms with Crippen molar-refractivity contribution in [2.24, 2.45) is 0 Å². The van der Waals surface area contributed by atoms with Gasteiger partial charge in [0.15, 0.2) is 0 Å². The van der Waals surface area contributed by atoms with Gasteiger partial charge in [0.25, 0.3) is 0 Å². The van der Waals surface area contributed by atoms with E-state index in [1.165, 1.54) is 4.90 Å². The molecule has 2 aromatic rings. The SMILES string of the molecule is CC1(C)CC(=O)N(CCN2CC3CN(C[C@@H](O)COc4ccc(C#N)cc4)CC(C2)O3)c2ccccc2S1. The number of aliphatic hydroxyl groups excluding tert-OH is 1. The van der Waals surface area contributed by atoms with Crippen molar-refractivity contribution in [3.8, 4) is 11.8 Å². The summed E-state index contributed by atoms with van der Waals surface area (Å²) >= 11 is 1.78. The van der Waals surface area contributed by atoms with E-state index in [1.807, 2.05) is 17.0 Å². The van der Waals surface area contributed by atoms with Crippen LogP contribution < -0.4 is 9.64 Å². The standard InChI is InChI=1S/C29H36N4O4S/c1-29(2)13-28(35)33(26-5-3-4-6-27(26)38-29)12-11-31-16-24-18-32(19-25(17-31)37-24)15-22(34)20-36-23-9-7-21(14-30)8-10-23/h3-10,22,24-25,34H,11-13,15-20H2,1-2H3/t22-,24?,25?/m1/s1. The number of carbonyl (C=O) groups is 1. The van der Waals surface area contributed by atoms with Gasteiger partial charge >= 0.3 is 0 Å². The number of nitriles is 1. The van der Waals surface area contributed by atoms with Crippen molar-refractivity contribution in [3.63, 3.8) is 0 Å². The molecule has 38 heavy (non-hydrogen) atoms. The van der Waals surface area contributed by atoms with Crippen LogP contribution in [0, 0.1) is 11.3 Å². The Hall–Kier alpha value is -2.61. The smallest absolute Gasteiger partial charge is 0.228 e. The summed E-state index contributed by atoms with van der Waals surface area (Å²) in [6, 6.07) is 17.2. The van der Waals surface area contributed by atoms with Crippen LogP contribution in [0.2, 0.25) is 0 Å². The Morgan fingerprint density at radius 1 is 1.08 bits per heavy atom. The number of para-hydroxylation sites is 1. The van der Waals surface area contributed by atoms with E-state index >= 15 is 0 Å². The number of benzene rings is 2. The van der Waals surface area contributed by atoms with Gasteiger partial charge in [-0.25, -0.2) is 0 Å². The molecule has 0 radical (unpaired) electrons. The second-order valence-electron chi connectivity index (χ2n) is 11.0. The van der Waals surface area contributed by atoms with Crippen LogP contribution in [0.4, 0.5) is 5.69 Å². The second-order valence-corrected chi connectivity index (χ2v) is 12.8. The summed E-state index contributed by atoms with van der Waals surface area (Å²) in [4.78, 5) is 21.0. The van der Waals surface area contributed by atoms with E-state index in [0.29, 0.717) is 30.8 Å². The molecule has 3 aliphatic heterocycles. The molecule has 2 saturated heterocycles. The van der Waals surface area contributed by atoms with E-state index in [2.05, 4.69) is 41.8 Å². The Morgan fingerprint density at radius 2 is 1.76 bits per heavy atom. The van der Waals surface area contributed by atoms with E-state index in [-0.39, 0.29) is 29.5 Å². The van der Waals surface area contributed by atoms with Crippen molar-refractivity contribution in [1.29, 1.82) is 5.26 Å². The molecule has 1 N–H and O–H groups in total. The number of fused-ring (bicyclic) bond motifs is 3. The lowest BCUT2D eigenvalue weighted by Crippen LogP contribution is -2.61. The van der Waals surface area contributed by atoms with E-state index in [9.17, 15) is 9.90 Å². The highest BCUT2D eigenvalue weighted by molar-refractivity contribution is 8.00. The molecular weight excluding hydrogens is 500 g/mol. The highest BCUT2D eigenvalue weighted by Crippen LogP contribution is 2.43. The summed E-state index contributed by atoms with van der Waals surface area (Å²) in [6.45, 7) is 9.63. The molecule has 2 fully saturated rings. The summed E-state index contributed by atoms with van der Waals surface area (Å²) in [6.07, 6.45) is 0.0655. The van der Waals surface area contributed by atoms with Gasteiger partial charge in [-0.15, -0.1) is 11.8 Å². The maximum atomic E-state index is 13.2. The third kappa shape index (κ3) is 6.68. The largest absolute Gasteiger partial charge is 0.491 e. The number of carbonyl (C=O) groups excluding carboxylic acids is 1. The first-order valence-corrected chi connectivity index (χ1v) is 14.1. The number of nitrogens with zero attached hydrogens (tertiary/aromatic N) is 4. The van der Waals surface area contributed by atoms with Gasteiger partial charge < -0.3 is 19.5 Å². The van der Waals surface area contributed by atoms with Crippen LogP contribution in [0.5, 0.6) is 5.75 Å².